The number of phosphoric ester groups is 1. The summed E-state index contributed by atoms with van der Waals surface area (Å²) in [6.45, 7) is -0.829. The lowest BCUT2D eigenvalue weighted by atomic mass is 9.88. The molecule has 17 heteroatoms. The summed E-state index contributed by atoms with van der Waals surface area (Å²) < 4.78 is 63.0. The van der Waals surface area contributed by atoms with Crippen LogP contribution in [0.25, 0.3) is 0 Å². The summed E-state index contributed by atoms with van der Waals surface area (Å²) in [6.07, 6.45) is -2.07. The number of H-pyrrole nitrogens is 1. The van der Waals surface area contributed by atoms with Crippen molar-refractivity contribution >= 4 is 19.8 Å². The number of carbonyl (C=O) groups is 2. The van der Waals surface area contributed by atoms with E-state index >= 15 is 0 Å². The number of aliphatic hydroxyl groups is 1. The maximum Gasteiger partial charge on any atom is 0.480 e. The largest absolute Gasteiger partial charge is 0.480 e. The van der Waals surface area contributed by atoms with Crippen LogP contribution in [0.5, 0.6) is 0 Å². The average molecular weight is 528 g/mol. The minimum absolute atomic E-state index is 0.719. The van der Waals surface area contributed by atoms with Gasteiger partial charge < -0.3 is 24.1 Å². The fourth-order valence-electron chi connectivity index (χ4n) is 3.37. The normalized spacial score (nSPS) is 26.5. The zero-order chi connectivity index (χ0) is 26.4. The third kappa shape index (κ3) is 6.82. The van der Waals surface area contributed by atoms with Crippen molar-refractivity contribution in [3.63, 3.8) is 0 Å². The first kappa shape index (κ1) is 28.8. The van der Waals surface area contributed by atoms with Gasteiger partial charge in [-0.05, 0) is 6.92 Å². The van der Waals surface area contributed by atoms with Gasteiger partial charge in [-0.3, -0.25) is 28.5 Å². The van der Waals surface area contributed by atoms with Crippen LogP contribution in [0.4, 0.5) is 4.39 Å². The highest BCUT2D eigenvalue weighted by molar-refractivity contribution is 7.48. The van der Waals surface area contributed by atoms with E-state index in [9.17, 15) is 33.2 Å². The molecular weight excluding hydrogens is 502 g/mol. The zero-order valence-corrected chi connectivity index (χ0v) is 20.2. The number of hydrogen-bond acceptors (Lipinski definition) is 13. The molecule has 2 rings (SSSR count). The van der Waals surface area contributed by atoms with E-state index in [1.54, 1.807) is 0 Å². The highest BCUT2D eigenvalue weighted by Gasteiger charge is 2.64. The Morgan fingerprint density at radius 3 is 2.23 bits per heavy atom. The van der Waals surface area contributed by atoms with Crippen LogP contribution >= 0.6 is 7.82 Å². The molecule has 15 nitrogen and oxygen atoms in total. The lowest BCUT2D eigenvalue weighted by Gasteiger charge is -2.34. The summed E-state index contributed by atoms with van der Waals surface area (Å²) in [7, 11) is -3.56. The summed E-state index contributed by atoms with van der Waals surface area (Å²) >= 11 is 0. The molecule has 4 atom stereocenters. The Morgan fingerprint density at radius 2 is 1.77 bits per heavy atom. The first-order valence-electron chi connectivity index (χ1n) is 9.91. The molecule has 1 aromatic rings. The van der Waals surface area contributed by atoms with Gasteiger partial charge >= 0.3 is 25.5 Å². The highest BCUT2D eigenvalue weighted by atomic mass is 31.2. The van der Waals surface area contributed by atoms with Gasteiger partial charge in [-0.25, -0.2) is 22.8 Å². The number of halogens is 1. The first-order valence-corrected chi connectivity index (χ1v) is 11.4. The highest BCUT2D eigenvalue weighted by Crippen LogP contribution is 2.53. The summed E-state index contributed by atoms with van der Waals surface area (Å²) in [6, 6.07) is 0.981. The number of alkyl halides is 1. The van der Waals surface area contributed by atoms with Crippen molar-refractivity contribution in [3.8, 4) is 0 Å². The van der Waals surface area contributed by atoms with Crippen molar-refractivity contribution in [2.45, 2.75) is 44.3 Å². The minimum atomic E-state index is -4.68. The topological polar surface area (TPSA) is 191 Å². The molecule has 0 amide bonds. The van der Waals surface area contributed by atoms with E-state index in [0.717, 1.165) is 37.8 Å². The SMILES string of the molecule is CO[C@@H]1[C@@](CF)(COP(=O)(OCOC(C)=O)OCOC(C)=O)O[C@@H](n2ccc(=O)[nH]c2=O)[C@]1(C)O. The molecule has 0 radical (unpaired) electrons. The third-order valence-electron chi connectivity index (χ3n) is 4.83. The molecule has 1 saturated heterocycles. The number of aromatic amines is 1. The molecule has 198 valence electrons. The third-order valence-corrected chi connectivity index (χ3v) is 6.12. The van der Waals surface area contributed by atoms with E-state index in [0.29, 0.717) is 0 Å². The maximum atomic E-state index is 14.4. The fraction of sp³-hybridized carbons (Fsp3) is 0.667. The molecule has 0 spiro atoms. The predicted molar refractivity (Wildman–Crippen MR) is 111 cm³/mol. The number of methoxy groups -OCH3 is 1. The molecule has 1 aliphatic rings. The van der Waals surface area contributed by atoms with Crippen LogP contribution in [0.1, 0.15) is 27.0 Å². The van der Waals surface area contributed by atoms with Gasteiger partial charge in [-0.1, -0.05) is 0 Å². The number of esters is 2. The first-order chi connectivity index (χ1) is 16.3. The van der Waals surface area contributed by atoms with Gasteiger partial charge in [0, 0.05) is 33.2 Å². The number of ether oxygens (including phenoxy) is 4. The van der Waals surface area contributed by atoms with E-state index in [2.05, 4.69) is 9.47 Å². The molecule has 0 saturated carbocycles. The summed E-state index contributed by atoms with van der Waals surface area (Å²) in [5.41, 5.74) is -5.94. The Bertz CT molecular complexity index is 1050. The van der Waals surface area contributed by atoms with E-state index < -0.39 is 81.4 Å². The molecular formula is C18H26FN2O13P. The molecule has 1 aromatic heterocycles. The van der Waals surface area contributed by atoms with Crippen LogP contribution in [0.15, 0.2) is 21.9 Å². The van der Waals surface area contributed by atoms with Gasteiger partial charge in [-0.2, -0.15) is 0 Å². The quantitative estimate of drug-likeness (QED) is 0.205. The van der Waals surface area contributed by atoms with Gasteiger partial charge in [0.25, 0.3) is 5.56 Å². The van der Waals surface area contributed by atoms with Crippen LogP contribution in [-0.2, 0) is 46.7 Å². The zero-order valence-electron chi connectivity index (χ0n) is 19.3. The number of nitrogens with zero attached hydrogens (tertiary/aromatic N) is 1. The molecule has 1 fully saturated rings. The van der Waals surface area contributed by atoms with Gasteiger partial charge in [-0.15, -0.1) is 0 Å². The molecule has 0 unspecified atom stereocenters. The molecule has 1 aliphatic heterocycles. The lowest BCUT2D eigenvalue weighted by Crippen LogP contribution is -2.54. The standard InChI is InChI=1S/C18H26FN2O13P/c1-11(22)29-9-32-35(27,33-10-30-12(2)23)31-8-18(7-19)14(28-4)17(3,26)15(34-18)21-6-5-13(24)20-16(21)25/h5-6,14-15,26H,7-10H2,1-4H3,(H,20,24,25)/t14-,15+,17+,18+/m0/s1. The van der Waals surface area contributed by atoms with Crippen LogP contribution < -0.4 is 11.2 Å². The molecule has 2 heterocycles. The van der Waals surface area contributed by atoms with Crippen molar-refractivity contribution in [2.24, 2.45) is 0 Å². The second-order valence-corrected chi connectivity index (χ2v) is 9.18. The van der Waals surface area contributed by atoms with E-state index in [4.69, 9.17) is 23.0 Å². The fourth-order valence-corrected chi connectivity index (χ4v) is 4.33. The number of hydrogen-bond donors (Lipinski definition) is 2. The summed E-state index contributed by atoms with van der Waals surface area (Å²) in [4.78, 5) is 47.6. The van der Waals surface area contributed by atoms with Gasteiger partial charge in [0.2, 0.25) is 13.6 Å². The minimum Gasteiger partial charge on any atom is -0.438 e. The Morgan fingerprint density at radius 1 is 1.20 bits per heavy atom. The predicted octanol–water partition coefficient (Wildman–Crippen LogP) is -0.261. The molecule has 2 N–H and O–H groups in total. The Hall–Kier alpha value is -2.46. The smallest absolute Gasteiger partial charge is 0.438 e. The number of phosphoric acid groups is 1. The van der Waals surface area contributed by atoms with Gasteiger partial charge in [0.1, 0.15) is 18.4 Å². The van der Waals surface area contributed by atoms with Crippen LogP contribution in [0.2, 0.25) is 0 Å². The summed E-state index contributed by atoms with van der Waals surface area (Å²) in [5.74, 6) is -1.58. The van der Waals surface area contributed by atoms with Crippen molar-refractivity contribution in [2.75, 3.05) is 34.0 Å². The number of nitrogens with one attached hydrogen (secondary N) is 1. The van der Waals surface area contributed by atoms with Crippen molar-refractivity contribution < 1.29 is 56.2 Å². The summed E-state index contributed by atoms with van der Waals surface area (Å²) in [5, 5.41) is 11.1. The molecule has 0 aromatic carbocycles. The Labute approximate surface area is 197 Å². The average Bonchev–Trinajstić information content (AvgIpc) is 2.98. The van der Waals surface area contributed by atoms with E-state index in [1.807, 2.05) is 4.98 Å². The number of rotatable bonds is 12. The van der Waals surface area contributed by atoms with Crippen molar-refractivity contribution in [1.82, 2.24) is 9.55 Å². The van der Waals surface area contributed by atoms with E-state index in [-0.39, 0.29) is 0 Å². The van der Waals surface area contributed by atoms with Crippen LogP contribution in [-0.4, -0.2) is 77.9 Å². The number of carbonyl (C=O) groups excluding carboxylic acids is 2. The molecule has 35 heavy (non-hydrogen) atoms. The van der Waals surface area contributed by atoms with E-state index in [1.165, 1.54) is 6.92 Å². The second-order valence-electron chi connectivity index (χ2n) is 7.51. The van der Waals surface area contributed by atoms with Crippen molar-refractivity contribution in [1.29, 1.82) is 0 Å². The lowest BCUT2D eigenvalue weighted by molar-refractivity contribution is -0.156. The Kier molecular flexibility index (Phi) is 9.47. The number of aromatic nitrogens is 2. The molecule has 0 bridgehead atoms. The van der Waals surface area contributed by atoms with Gasteiger partial charge in [0.05, 0.1) is 6.61 Å². The van der Waals surface area contributed by atoms with Crippen molar-refractivity contribution in [3.05, 3.63) is 33.1 Å². The maximum absolute atomic E-state index is 14.4. The Balaban J connectivity index is 2.33. The second kappa shape index (κ2) is 11.5. The van der Waals surface area contributed by atoms with Crippen LogP contribution in [0, 0.1) is 0 Å². The monoisotopic (exact) mass is 528 g/mol. The van der Waals surface area contributed by atoms with Crippen LogP contribution in [0.3, 0.4) is 0 Å². The van der Waals surface area contributed by atoms with Gasteiger partial charge in [0.15, 0.2) is 11.8 Å². The molecule has 0 aliphatic carbocycles.